The number of hydrogen-bond donors (Lipinski definition) is 2. The molecule has 7 heteroatoms. The van der Waals surface area contributed by atoms with Gasteiger partial charge in [-0.05, 0) is 17.5 Å². The van der Waals surface area contributed by atoms with Crippen molar-refractivity contribution >= 4 is 27.1 Å². The quantitative estimate of drug-likeness (QED) is 0.196. The molecule has 0 bridgehead atoms. The molecule has 1 aliphatic rings. The molecule has 0 aliphatic carbocycles. The highest BCUT2D eigenvalue weighted by molar-refractivity contribution is 6.02. The number of phenols is 2. The highest BCUT2D eigenvalue weighted by Crippen LogP contribution is 2.41. The molecule has 132 valence electrons. The van der Waals surface area contributed by atoms with E-state index in [1.165, 1.54) is 13.2 Å². The summed E-state index contributed by atoms with van der Waals surface area (Å²) < 4.78 is 17.9. The number of phenolic OH excluding ortho intramolecular Hbond substituents is 2. The van der Waals surface area contributed by atoms with E-state index in [0.29, 0.717) is 16.5 Å². The third-order valence-electron chi connectivity index (χ3n) is 4.61. The van der Waals surface area contributed by atoms with Gasteiger partial charge in [0.05, 0.1) is 17.9 Å². The Bertz CT molecular complexity index is 1190. The third kappa shape index (κ3) is 2.20. The first-order chi connectivity index (χ1) is 12.2. The first-order valence-electron chi connectivity index (χ1n) is 7.76. The van der Waals surface area contributed by atoms with E-state index in [2.05, 4.69) is 0 Å². The lowest BCUT2D eigenvalue weighted by Gasteiger charge is -2.08. The predicted molar refractivity (Wildman–Crippen MR) is 90.6 cm³/mol. The van der Waals surface area contributed by atoms with Gasteiger partial charge in [0, 0.05) is 23.6 Å². The largest absolute Gasteiger partial charge is 1.00 e. The van der Waals surface area contributed by atoms with Crippen molar-refractivity contribution in [3.05, 3.63) is 42.7 Å². The lowest BCUT2D eigenvalue weighted by molar-refractivity contribution is -0.509. The summed E-state index contributed by atoms with van der Waals surface area (Å²) in [5.41, 5.74) is 0.878. The van der Waals surface area contributed by atoms with E-state index in [0.717, 1.165) is 22.0 Å². The molecule has 1 aliphatic heterocycles. The van der Waals surface area contributed by atoms with Crippen molar-refractivity contribution in [3.63, 3.8) is 0 Å². The van der Waals surface area contributed by atoms with Crippen molar-refractivity contribution in [3.8, 4) is 28.7 Å². The molecule has 6 nitrogen and oxygen atoms in total. The Morgan fingerprint density at radius 3 is 2.54 bits per heavy atom. The number of aromatic nitrogens is 1. The molecule has 0 saturated heterocycles. The smallest absolute Gasteiger partial charge is 0.231 e. The number of nitrogens with zero attached hydrogens (tertiary/aromatic N) is 1. The number of rotatable bonds is 1. The average Bonchev–Trinajstić information content (AvgIpc) is 3.09. The first kappa shape index (κ1) is 16.5. The fourth-order valence-corrected chi connectivity index (χ4v) is 3.34. The molecular weight excluding hydrogens is 402 g/mol. The van der Waals surface area contributed by atoms with Crippen LogP contribution in [0.4, 0.5) is 0 Å². The molecule has 2 N–H and O–H groups in total. The molecular formula is C19H14BrNO5. The molecule has 0 radical (unpaired) electrons. The van der Waals surface area contributed by atoms with E-state index in [9.17, 15) is 10.2 Å². The number of hydrogen-bond acceptors (Lipinski definition) is 5. The van der Waals surface area contributed by atoms with Crippen LogP contribution in [0.15, 0.2) is 42.7 Å². The van der Waals surface area contributed by atoms with Crippen LogP contribution in [0.2, 0.25) is 0 Å². The van der Waals surface area contributed by atoms with Crippen LogP contribution >= 0.6 is 0 Å². The molecule has 0 spiro atoms. The summed E-state index contributed by atoms with van der Waals surface area (Å²) in [5.74, 6) is 1.69. The first-order valence-corrected chi connectivity index (χ1v) is 7.76. The van der Waals surface area contributed by atoms with E-state index >= 15 is 0 Å². The Labute approximate surface area is 158 Å². The van der Waals surface area contributed by atoms with Crippen LogP contribution in [0.25, 0.3) is 27.1 Å². The molecule has 0 amide bonds. The maximum atomic E-state index is 10.4. The second-order valence-electron chi connectivity index (χ2n) is 5.95. The lowest BCUT2D eigenvalue weighted by atomic mass is 10.1. The van der Waals surface area contributed by atoms with Gasteiger partial charge in [-0.3, -0.25) is 0 Å². The van der Waals surface area contributed by atoms with Crippen molar-refractivity contribution in [2.24, 2.45) is 0 Å². The molecule has 4 aromatic rings. The SMILES string of the molecule is COc1cc(O)c2cc3c4cc5c(cc4cc[n+]3cc2c1O)OCO5.[Br-]. The van der Waals surface area contributed by atoms with Crippen LogP contribution in [-0.2, 0) is 0 Å². The van der Waals surface area contributed by atoms with Crippen LogP contribution in [0.3, 0.4) is 0 Å². The molecule has 5 rings (SSSR count). The molecule has 2 aromatic carbocycles. The number of methoxy groups -OCH3 is 1. The number of halogens is 1. The number of pyridine rings is 2. The van der Waals surface area contributed by atoms with Crippen LogP contribution in [0, 0.1) is 0 Å². The zero-order valence-electron chi connectivity index (χ0n) is 13.7. The van der Waals surface area contributed by atoms with Crippen molar-refractivity contribution in [2.45, 2.75) is 0 Å². The van der Waals surface area contributed by atoms with Gasteiger partial charge in [-0.2, -0.15) is 4.40 Å². The Morgan fingerprint density at radius 1 is 1.00 bits per heavy atom. The van der Waals surface area contributed by atoms with Crippen LogP contribution in [-0.4, -0.2) is 24.1 Å². The van der Waals surface area contributed by atoms with E-state index in [1.807, 2.05) is 34.9 Å². The van der Waals surface area contributed by atoms with Crippen molar-refractivity contribution in [2.75, 3.05) is 13.9 Å². The second-order valence-corrected chi connectivity index (χ2v) is 5.95. The number of benzene rings is 2. The number of ether oxygens (including phenoxy) is 3. The van der Waals surface area contributed by atoms with E-state index < -0.39 is 0 Å². The monoisotopic (exact) mass is 415 g/mol. The van der Waals surface area contributed by atoms with Crippen LogP contribution in [0.1, 0.15) is 0 Å². The maximum absolute atomic E-state index is 10.4. The van der Waals surface area contributed by atoms with E-state index in [4.69, 9.17) is 14.2 Å². The minimum Gasteiger partial charge on any atom is -1.00 e. The molecule has 0 unspecified atom stereocenters. The fourth-order valence-electron chi connectivity index (χ4n) is 3.34. The summed E-state index contributed by atoms with van der Waals surface area (Å²) in [6, 6.07) is 9.09. The van der Waals surface area contributed by atoms with Crippen molar-refractivity contribution in [1.82, 2.24) is 0 Å². The molecule has 3 heterocycles. The third-order valence-corrected chi connectivity index (χ3v) is 4.61. The van der Waals surface area contributed by atoms with Gasteiger partial charge in [0.15, 0.2) is 35.4 Å². The fraction of sp³-hybridized carbons (Fsp3) is 0.105. The molecule has 26 heavy (non-hydrogen) atoms. The van der Waals surface area contributed by atoms with Crippen LogP contribution in [0.5, 0.6) is 28.7 Å². The Hall–Kier alpha value is -2.93. The highest BCUT2D eigenvalue weighted by Gasteiger charge is 2.21. The average molecular weight is 416 g/mol. The van der Waals surface area contributed by atoms with Gasteiger partial charge in [0.1, 0.15) is 5.75 Å². The van der Waals surface area contributed by atoms with Gasteiger partial charge >= 0.3 is 0 Å². The Balaban J connectivity index is 0.00000168. The zero-order chi connectivity index (χ0) is 17.1. The van der Waals surface area contributed by atoms with E-state index in [1.54, 1.807) is 6.20 Å². The summed E-state index contributed by atoms with van der Waals surface area (Å²) in [7, 11) is 1.45. The van der Waals surface area contributed by atoms with Crippen molar-refractivity contribution in [1.29, 1.82) is 0 Å². The Morgan fingerprint density at radius 2 is 1.77 bits per heavy atom. The summed E-state index contributed by atoms with van der Waals surface area (Å²) in [6.07, 6.45) is 3.67. The van der Waals surface area contributed by atoms with Gasteiger partial charge in [-0.15, -0.1) is 0 Å². The normalized spacial score (nSPS) is 12.5. The number of fused-ring (bicyclic) bond motifs is 5. The second kappa shape index (κ2) is 5.81. The number of aromatic hydroxyl groups is 2. The maximum Gasteiger partial charge on any atom is 0.231 e. The van der Waals surface area contributed by atoms with Gasteiger partial charge in [-0.1, -0.05) is 0 Å². The van der Waals surface area contributed by atoms with E-state index in [-0.39, 0.29) is 41.0 Å². The summed E-state index contributed by atoms with van der Waals surface area (Å²) in [6.45, 7) is 0.216. The molecule has 0 atom stereocenters. The molecule has 2 aromatic heterocycles. The molecule has 0 saturated carbocycles. The highest BCUT2D eigenvalue weighted by atomic mass is 79.9. The minimum atomic E-state index is -0.00418. The van der Waals surface area contributed by atoms with Gasteiger partial charge < -0.3 is 41.4 Å². The summed E-state index contributed by atoms with van der Waals surface area (Å²) in [5, 5.41) is 23.8. The van der Waals surface area contributed by atoms with Gasteiger partial charge in [0.25, 0.3) is 0 Å². The zero-order valence-corrected chi connectivity index (χ0v) is 15.3. The lowest BCUT2D eigenvalue weighted by Crippen LogP contribution is -3.00. The minimum absolute atomic E-state index is 0. The standard InChI is InChI=1S/C19H13NO5.BrH/c1-23-18-7-15(21)12-5-14-11-6-17-16(24-9-25-17)4-10(11)2-3-20(14)8-13(12)19(18)22;/h2-8,21H,9H2,1H3;1H. The van der Waals surface area contributed by atoms with Gasteiger partial charge in [-0.25, -0.2) is 0 Å². The van der Waals surface area contributed by atoms with Gasteiger partial charge in [0.2, 0.25) is 12.3 Å². The predicted octanol–water partition coefficient (Wildman–Crippen LogP) is -0.116. The topological polar surface area (TPSA) is 72.3 Å². The van der Waals surface area contributed by atoms with Crippen LogP contribution < -0.4 is 35.6 Å². The summed E-state index contributed by atoms with van der Waals surface area (Å²) in [4.78, 5) is 0. The Kier molecular flexibility index (Phi) is 3.69. The molecule has 0 fully saturated rings. The summed E-state index contributed by atoms with van der Waals surface area (Å²) >= 11 is 0. The van der Waals surface area contributed by atoms with Crippen molar-refractivity contribution < 1.29 is 45.8 Å².